The fourth-order valence-corrected chi connectivity index (χ4v) is 5.21. The highest BCUT2D eigenvalue weighted by molar-refractivity contribution is 7.89. The fraction of sp³-hybridized carbons (Fsp3) is 0.471. The molecule has 3 rings (SSSR count). The van der Waals surface area contributed by atoms with Crippen molar-refractivity contribution in [3.8, 4) is 10.6 Å². The molecule has 0 bridgehead atoms. The van der Waals surface area contributed by atoms with E-state index >= 15 is 0 Å². The molecule has 23 heavy (non-hydrogen) atoms. The summed E-state index contributed by atoms with van der Waals surface area (Å²) in [5.74, 6) is 0.580. The maximum atomic E-state index is 12.3. The molecule has 1 N–H and O–H groups in total. The molecule has 0 saturated heterocycles. The van der Waals surface area contributed by atoms with Gasteiger partial charge in [-0.2, -0.15) is 0 Å². The average Bonchev–Trinajstić information content (AvgIpc) is 3.08. The number of rotatable bonds is 6. The van der Waals surface area contributed by atoms with Gasteiger partial charge >= 0.3 is 0 Å². The minimum Gasteiger partial charge on any atom is -0.255 e. The summed E-state index contributed by atoms with van der Waals surface area (Å²) in [6.45, 7) is 0.329. The second-order valence-electron chi connectivity index (χ2n) is 6.13. The maximum Gasteiger partial charge on any atom is 0.212 e. The van der Waals surface area contributed by atoms with Gasteiger partial charge in [-0.25, -0.2) is 13.1 Å². The molecule has 2 aromatic heterocycles. The van der Waals surface area contributed by atoms with E-state index in [0.29, 0.717) is 12.5 Å². The average molecular weight is 351 g/mol. The van der Waals surface area contributed by atoms with Gasteiger partial charge in [-0.05, 0) is 47.9 Å². The zero-order chi connectivity index (χ0) is 16.1. The van der Waals surface area contributed by atoms with Crippen LogP contribution in [-0.4, -0.2) is 19.2 Å². The minimum absolute atomic E-state index is 0.260. The Morgan fingerprint density at radius 3 is 2.78 bits per heavy atom. The van der Waals surface area contributed by atoms with Crippen molar-refractivity contribution >= 4 is 21.4 Å². The van der Waals surface area contributed by atoms with Crippen LogP contribution < -0.4 is 4.72 Å². The lowest BCUT2D eigenvalue weighted by molar-refractivity contribution is 0.384. The van der Waals surface area contributed by atoms with E-state index in [1.54, 1.807) is 17.5 Å². The van der Waals surface area contributed by atoms with E-state index in [-0.39, 0.29) is 5.75 Å². The molecule has 0 unspecified atom stereocenters. The number of aromatic nitrogens is 1. The summed E-state index contributed by atoms with van der Waals surface area (Å²) in [5.41, 5.74) is 1.83. The summed E-state index contributed by atoms with van der Waals surface area (Å²) in [6.07, 6.45) is 7.38. The second-order valence-corrected chi connectivity index (χ2v) is 8.93. The van der Waals surface area contributed by atoms with Gasteiger partial charge in [-0.1, -0.05) is 25.3 Å². The van der Waals surface area contributed by atoms with E-state index in [0.717, 1.165) is 41.8 Å². The van der Waals surface area contributed by atoms with E-state index in [9.17, 15) is 8.42 Å². The van der Waals surface area contributed by atoms with Crippen LogP contribution in [0.2, 0.25) is 0 Å². The summed E-state index contributed by atoms with van der Waals surface area (Å²) in [7, 11) is -3.21. The number of hydrogen-bond donors (Lipinski definition) is 1. The van der Waals surface area contributed by atoms with Gasteiger partial charge in [0.25, 0.3) is 0 Å². The van der Waals surface area contributed by atoms with Gasteiger partial charge in [0, 0.05) is 12.7 Å². The van der Waals surface area contributed by atoms with E-state index in [2.05, 4.69) is 9.71 Å². The fourth-order valence-electron chi connectivity index (χ4n) is 3.06. The largest absolute Gasteiger partial charge is 0.255 e. The summed E-state index contributed by atoms with van der Waals surface area (Å²) < 4.78 is 27.3. The zero-order valence-electron chi connectivity index (χ0n) is 13.1. The van der Waals surface area contributed by atoms with E-state index in [1.807, 2.05) is 29.6 Å². The van der Waals surface area contributed by atoms with Gasteiger partial charge in [0.05, 0.1) is 16.3 Å². The molecule has 1 aliphatic rings. The van der Waals surface area contributed by atoms with Gasteiger partial charge in [-0.15, -0.1) is 11.3 Å². The Kier molecular flexibility index (Phi) is 5.46. The van der Waals surface area contributed by atoms with Crippen LogP contribution >= 0.6 is 11.3 Å². The molecule has 2 heterocycles. The van der Waals surface area contributed by atoms with Gasteiger partial charge in [0.1, 0.15) is 0 Å². The van der Waals surface area contributed by atoms with Crippen LogP contribution in [0.4, 0.5) is 0 Å². The maximum absolute atomic E-state index is 12.3. The van der Waals surface area contributed by atoms with E-state index < -0.39 is 10.0 Å². The lowest BCUT2D eigenvalue weighted by Crippen LogP contribution is -2.30. The summed E-state index contributed by atoms with van der Waals surface area (Å²) in [6, 6.07) is 7.82. The Labute approximate surface area is 142 Å². The number of thiophene rings is 1. The minimum atomic E-state index is -3.21. The van der Waals surface area contributed by atoms with E-state index in [4.69, 9.17) is 0 Å². The van der Waals surface area contributed by atoms with Crippen LogP contribution in [0.3, 0.4) is 0 Å². The first-order chi connectivity index (χ1) is 11.1. The number of sulfonamides is 1. The van der Waals surface area contributed by atoms with Crippen LogP contribution in [0.1, 0.15) is 37.7 Å². The third-order valence-corrected chi connectivity index (χ3v) is 6.66. The van der Waals surface area contributed by atoms with Gasteiger partial charge < -0.3 is 0 Å². The van der Waals surface area contributed by atoms with Crippen LogP contribution in [0.25, 0.3) is 10.6 Å². The van der Waals surface area contributed by atoms with Crippen molar-refractivity contribution in [2.75, 3.05) is 5.75 Å². The predicted molar refractivity (Wildman–Crippen MR) is 94.8 cm³/mol. The number of hydrogen-bond acceptors (Lipinski definition) is 4. The Balaban J connectivity index is 1.60. The molecule has 0 spiro atoms. The lowest BCUT2D eigenvalue weighted by atomic mass is 9.91. The topological polar surface area (TPSA) is 59.1 Å². The smallest absolute Gasteiger partial charge is 0.212 e. The Hall–Kier alpha value is -1.24. The van der Waals surface area contributed by atoms with Crippen molar-refractivity contribution in [2.24, 2.45) is 5.92 Å². The van der Waals surface area contributed by atoms with Gasteiger partial charge in [0.15, 0.2) is 0 Å². The molecule has 0 aromatic carbocycles. The quantitative estimate of drug-likeness (QED) is 0.862. The number of pyridine rings is 1. The van der Waals surface area contributed by atoms with E-state index in [1.165, 1.54) is 6.42 Å². The summed E-state index contributed by atoms with van der Waals surface area (Å²) in [4.78, 5) is 5.45. The summed E-state index contributed by atoms with van der Waals surface area (Å²) >= 11 is 1.63. The van der Waals surface area contributed by atoms with Crippen molar-refractivity contribution in [3.63, 3.8) is 0 Å². The Morgan fingerprint density at radius 2 is 2.04 bits per heavy atom. The molecule has 6 heteroatoms. The van der Waals surface area contributed by atoms with Crippen LogP contribution in [0.5, 0.6) is 0 Å². The first-order valence-corrected chi connectivity index (χ1v) is 10.6. The van der Waals surface area contributed by atoms with Crippen molar-refractivity contribution < 1.29 is 8.42 Å². The molecule has 0 radical (unpaired) electrons. The zero-order valence-corrected chi connectivity index (χ0v) is 14.7. The standard InChI is InChI=1S/C17H22N2O2S2/c20-23(21,13-14-5-2-1-3-6-14)19-12-15-8-9-18-16(11-15)17-7-4-10-22-17/h4,7-11,14,19H,1-3,5-6,12-13H2. The monoisotopic (exact) mass is 350 g/mol. The molecule has 4 nitrogen and oxygen atoms in total. The molecule has 0 aliphatic heterocycles. The summed E-state index contributed by atoms with van der Waals surface area (Å²) in [5, 5.41) is 2.01. The normalized spacial score (nSPS) is 16.5. The van der Waals surface area contributed by atoms with Crippen molar-refractivity contribution in [1.29, 1.82) is 0 Å². The first-order valence-electron chi connectivity index (χ1n) is 8.08. The molecule has 124 valence electrons. The third kappa shape index (κ3) is 4.86. The van der Waals surface area contributed by atoms with Crippen molar-refractivity contribution in [3.05, 3.63) is 41.4 Å². The highest BCUT2D eigenvalue weighted by atomic mass is 32.2. The van der Waals surface area contributed by atoms with Gasteiger partial charge in [-0.3, -0.25) is 4.98 Å². The molecule has 1 fully saturated rings. The highest BCUT2D eigenvalue weighted by Crippen LogP contribution is 2.25. The Morgan fingerprint density at radius 1 is 1.22 bits per heavy atom. The Bertz CT molecular complexity index is 721. The second kappa shape index (κ2) is 7.55. The third-order valence-electron chi connectivity index (χ3n) is 4.27. The van der Waals surface area contributed by atoms with Crippen molar-refractivity contribution in [2.45, 2.75) is 38.6 Å². The van der Waals surface area contributed by atoms with Crippen LogP contribution in [-0.2, 0) is 16.6 Å². The number of nitrogens with zero attached hydrogens (tertiary/aromatic N) is 1. The lowest BCUT2D eigenvalue weighted by Gasteiger charge is -2.21. The molecular formula is C17H22N2O2S2. The molecule has 1 aliphatic carbocycles. The van der Waals surface area contributed by atoms with Gasteiger partial charge in [0.2, 0.25) is 10.0 Å². The van der Waals surface area contributed by atoms with Crippen molar-refractivity contribution in [1.82, 2.24) is 9.71 Å². The molecular weight excluding hydrogens is 328 g/mol. The first kappa shape index (κ1) is 16.6. The molecule has 0 amide bonds. The molecule has 2 aromatic rings. The molecule has 0 atom stereocenters. The SMILES string of the molecule is O=S(=O)(CC1CCCCC1)NCc1ccnc(-c2cccs2)c1. The predicted octanol–water partition coefficient (Wildman–Crippen LogP) is 3.81. The number of nitrogens with one attached hydrogen (secondary N) is 1. The molecule has 1 saturated carbocycles. The van der Waals surface area contributed by atoms with Crippen LogP contribution in [0, 0.1) is 5.92 Å². The highest BCUT2D eigenvalue weighted by Gasteiger charge is 2.21. The van der Waals surface area contributed by atoms with Crippen LogP contribution in [0.15, 0.2) is 35.8 Å².